The van der Waals surface area contributed by atoms with E-state index in [0.29, 0.717) is 18.9 Å². The van der Waals surface area contributed by atoms with E-state index in [0.717, 1.165) is 37.5 Å². The van der Waals surface area contributed by atoms with Crippen LogP contribution in [0, 0.1) is 0 Å². The molecule has 0 amide bonds. The highest BCUT2D eigenvalue weighted by Crippen LogP contribution is 2.41. The van der Waals surface area contributed by atoms with Crippen LogP contribution in [0.4, 0.5) is 13.2 Å². The van der Waals surface area contributed by atoms with E-state index in [2.05, 4.69) is 5.16 Å². The Morgan fingerprint density at radius 3 is 2.68 bits per heavy atom. The van der Waals surface area contributed by atoms with Crippen molar-refractivity contribution in [3.63, 3.8) is 0 Å². The smallest absolute Gasteiger partial charge is 0.391 e. The number of aryl methyl sites for hydroxylation is 1. The molecule has 0 radical (unpaired) electrons. The van der Waals surface area contributed by atoms with Crippen LogP contribution in [-0.2, 0) is 30.4 Å². The van der Waals surface area contributed by atoms with Gasteiger partial charge in [-0.2, -0.15) is 13.2 Å². The molecular weight excluding hydrogens is 437 g/mol. The Labute approximate surface area is 220 Å². The molecule has 0 aromatic heterocycles. The van der Waals surface area contributed by atoms with Crippen molar-refractivity contribution in [3.8, 4) is 0 Å². The van der Waals surface area contributed by atoms with Gasteiger partial charge in [-0.15, -0.1) is 0 Å². The third-order valence-electron chi connectivity index (χ3n) is 5.94. The van der Waals surface area contributed by atoms with E-state index >= 15 is 0 Å². The molecular formula is C28H35F3N2O. The van der Waals surface area contributed by atoms with Crippen LogP contribution in [0.15, 0.2) is 41.6 Å². The van der Waals surface area contributed by atoms with Crippen molar-refractivity contribution in [2.75, 3.05) is 13.0 Å². The maximum Gasteiger partial charge on any atom is 0.416 e. The van der Waals surface area contributed by atoms with Gasteiger partial charge in [0.05, 0.1) is 14.0 Å². The van der Waals surface area contributed by atoms with Gasteiger partial charge in [0.2, 0.25) is 0 Å². The number of alkyl halides is 3. The summed E-state index contributed by atoms with van der Waals surface area (Å²) in [6.07, 6.45) is -6.41. The van der Waals surface area contributed by atoms with E-state index in [4.69, 9.17) is 24.0 Å². The van der Waals surface area contributed by atoms with E-state index in [1.807, 2.05) is 0 Å². The molecule has 0 N–H and O–H groups in total. The number of hydrogen-bond acceptors (Lipinski definition) is 3. The second kappa shape index (κ2) is 10.9. The number of hydrogen-bond donors (Lipinski definition) is 0. The molecule has 1 aliphatic carbocycles. The number of oxime groups is 1. The fraction of sp³-hybridized carbons (Fsp3) is 0.536. The first-order chi connectivity index (χ1) is 21.7. The normalized spacial score (nSPS) is 29.4. The number of halogens is 3. The highest BCUT2D eigenvalue weighted by molar-refractivity contribution is 5.98. The summed E-state index contributed by atoms with van der Waals surface area (Å²) < 4.78 is 156. The van der Waals surface area contributed by atoms with Gasteiger partial charge in [0.15, 0.2) is 0 Å². The zero-order chi connectivity index (χ0) is 36.5. The van der Waals surface area contributed by atoms with Crippen molar-refractivity contribution in [1.82, 2.24) is 4.90 Å². The summed E-state index contributed by atoms with van der Waals surface area (Å²) >= 11 is 0. The zero-order valence-electron chi connectivity index (χ0n) is 32.6. The van der Waals surface area contributed by atoms with E-state index in [1.54, 1.807) is 0 Å². The molecule has 6 heteroatoms. The van der Waals surface area contributed by atoms with Gasteiger partial charge in [-0.05, 0) is 91.4 Å². The van der Waals surface area contributed by atoms with Crippen molar-refractivity contribution in [2.45, 2.75) is 83.8 Å². The molecule has 0 unspecified atom stereocenters. The lowest BCUT2D eigenvalue weighted by Crippen LogP contribution is -2.36. The molecule has 2 aromatic carbocycles. The Kier molecular flexibility index (Phi) is 4.04. The molecule has 2 fully saturated rings. The van der Waals surface area contributed by atoms with Crippen LogP contribution < -0.4 is 0 Å². The zero-order valence-corrected chi connectivity index (χ0v) is 18.6. The summed E-state index contributed by atoms with van der Waals surface area (Å²) in [4.78, 5) is 5.14. The second-order valence-corrected chi connectivity index (χ2v) is 8.24. The van der Waals surface area contributed by atoms with E-state index in [-0.39, 0.29) is 27.7 Å². The van der Waals surface area contributed by atoms with E-state index < -0.39 is 74.1 Å². The average Bonchev–Trinajstić information content (AvgIpc) is 2.98. The first kappa shape index (κ1) is 12.6. The number of nitrogens with zero attached hydrogens (tertiary/aromatic N) is 2. The van der Waals surface area contributed by atoms with Crippen LogP contribution in [0.25, 0.3) is 0 Å². The lowest BCUT2D eigenvalue weighted by atomic mass is 9.81. The lowest BCUT2D eigenvalue weighted by molar-refractivity contribution is -0.138. The monoisotopic (exact) mass is 486 g/mol. The summed E-state index contributed by atoms with van der Waals surface area (Å²) in [5.74, 6) is -0.317. The minimum absolute atomic E-state index is 0.0788. The first-order valence-corrected chi connectivity index (χ1v) is 11.0. The summed E-state index contributed by atoms with van der Waals surface area (Å²) in [6, 6.07) is 6.02. The van der Waals surface area contributed by atoms with Gasteiger partial charge in [0.1, 0.15) is 6.56 Å². The SMILES string of the molecule is [2H]C1C([2H])([2H])N(C([2H])([2H])c2ccc(/C(C)=N/OC([2H])([2H])c3ccc(C4CCCCC4)c(C(F)(F)F)c3)cc2C([2H])([2H])C([2H])([2H])[2H])C1([2H])[2H]. The Morgan fingerprint density at radius 1 is 1.15 bits per heavy atom. The predicted octanol–water partition coefficient (Wildman–Crippen LogP) is 7.46. The summed E-state index contributed by atoms with van der Waals surface area (Å²) in [5, 5.41) is 3.69. The molecule has 0 bridgehead atoms. The van der Waals surface area contributed by atoms with Crippen LogP contribution in [0.3, 0.4) is 0 Å². The van der Waals surface area contributed by atoms with Gasteiger partial charge >= 0.3 is 6.18 Å². The Hall–Kier alpha value is -2.34. The topological polar surface area (TPSA) is 24.8 Å². The Balaban J connectivity index is 1.73. The highest BCUT2D eigenvalue weighted by Gasteiger charge is 2.35. The van der Waals surface area contributed by atoms with Crippen molar-refractivity contribution in [1.29, 1.82) is 0 Å². The van der Waals surface area contributed by atoms with Crippen LogP contribution in [0.2, 0.25) is 0 Å². The van der Waals surface area contributed by atoms with Gasteiger partial charge in [-0.1, -0.05) is 55.5 Å². The predicted molar refractivity (Wildman–Crippen MR) is 130 cm³/mol. The molecule has 2 aromatic rings. The van der Waals surface area contributed by atoms with Crippen molar-refractivity contribution < 1.29 is 37.2 Å². The minimum Gasteiger partial charge on any atom is -0.391 e. The highest BCUT2D eigenvalue weighted by atomic mass is 19.4. The molecule has 1 saturated carbocycles. The van der Waals surface area contributed by atoms with Gasteiger partial charge in [0.25, 0.3) is 0 Å². The standard InChI is InChI=1S/C28H35F3N2O/c1-3-22-17-24(11-12-25(22)18-33-14-7-15-33)20(2)32-34-19-21-10-13-26(23-8-5-4-6-9-23)27(16-21)28(29,30)31/h10-13,16-17,23H,3-9,14-15,18-19H2,1-2H3/b32-20+/i1D3,3D2,7D,14D2,15D2,18D2,19D2. The summed E-state index contributed by atoms with van der Waals surface area (Å²) in [5.41, 5.74) is -3.25. The molecule has 1 saturated heterocycles. The third kappa shape index (κ3) is 6.01. The van der Waals surface area contributed by atoms with Gasteiger partial charge < -0.3 is 4.84 Å². The lowest BCUT2D eigenvalue weighted by Gasteiger charge is -2.31. The van der Waals surface area contributed by atoms with Gasteiger partial charge in [-0.25, -0.2) is 0 Å². The molecule has 2 aliphatic rings. The van der Waals surface area contributed by atoms with Crippen LogP contribution in [0.5, 0.6) is 0 Å². The number of benzene rings is 2. The third-order valence-corrected chi connectivity index (χ3v) is 5.94. The minimum atomic E-state index is -4.76. The maximum absolute atomic E-state index is 14.1. The van der Waals surface area contributed by atoms with Crippen LogP contribution >= 0.6 is 0 Å². The molecule has 0 atom stereocenters. The molecule has 34 heavy (non-hydrogen) atoms. The second-order valence-electron chi connectivity index (χ2n) is 8.24. The summed E-state index contributed by atoms with van der Waals surface area (Å²) in [6.45, 7) is -13.9. The van der Waals surface area contributed by atoms with Gasteiger partial charge in [-0.3, -0.25) is 4.90 Å². The number of rotatable bonds is 8. The fourth-order valence-corrected chi connectivity index (χ4v) is 4.12. The Morgan fingerprint density at radius 2 is 1.94 bits per heavy atom. The molecule has 184 valence electrons. The quantitative estimate of drug-likeness (QED) is 0.286. The molecule has 1 heterocycles. The van der Waals surface area contributed by atoms with E-state index in [9.17, 15) is 13.2 Å². The first-order valence-electron chi connectivity index (χ1n) is 18.1. The van der Waals surface area contributed by atoms with Crippen molar-refractivity contribution in [3.05, 3.63) is 69.8 Å². The molecule has 0 spiro atoms. The largest absolute Gasteiger partial charge is 0.416 e. The summed E-state index contributed by atoms with van der Waals surface area (Å²) in [7, 11) is 0. The van der Waals surface area contributed by atoms with Crippen molar-refractivity contribution >= 4 is 5.71 Å². The molecule has 4 rings (SSSR count). The molecule has 3 nitrogen and oxygen atoms in total. The Bertz CT molecular complexity index is 1540. The van der Waals surface area contributed by atoms with Crippen LogP contribution in [-0.4, -0.2) is 23.6 Å². The van der Waals surface area contributed by atoms with E-state index in [1.165, 1.54) is 19.1 Å². The van der Waals surface area contributed by atoms with Gasteiger partial charge in [0, 0.05) is 22.9 Å². The van der Waals surface area contributed by atoms with Crippen molar-refractivity contribution in [2.24, 2.45) is 5.16 Å². The molecule has 1 aliphatic heterocycles. The number of likely N-dealkylation sites (tertiary alicyclic amines) is 1. The van der Waals surface area contributed by atoms with Crippen LogP contribution in [0.1, 0.15) is 111 Å². The maximum atomic E-state index is 14.1. The fourth-order valence-electron chi connectivity index (χ4n) is 4.12. The average molecular weight is 487 g/mol.